The van der Waals surface area contributed by atoms with Crippen molar-refractivity contribution in [3.05, 3.63) is 0 Å². The summed E-state index contributed by atoms with van der Waals surface area (Å²) in [5.41, 5.74) is -0.382. The molecule has 1 heterocycles. The minimum atomic E-state index is -3.48. The van der Waals surface area contributed by atoms with Crippen molar-refractivity contribution in [1.82, 2.24) is 4.31 Å². The van der Waals surface area contributed by atoms with E-state index >= 15 is 0 Å². The van der Waals surface area contributed by atoms with Gasteiger partial charge in [-0.25, -0.2) is 12.7 Å². The van der Waals surface area contributed by atoms with Gasteiger partial charge in [-0.05, 0) is 30.6 Å². The summed E-state index contributed by atoms with van der Waals surface area (Å²) >= 11 is 0. The monoisotopic (exact) mass is 300 g/mol. The zero-order chi connectivity index (χ0) is 15.0. The quantitative estimate of drug-likeness (QED) is 0.818. The standard InChI is InChI=1S/C13H20N2O4S/c1-10-6-11(12(16)17)8-15(7-10)20(18,19)9-13(2-3-13)4-5-14/h10-11H,2-4,6-9H2,1H3,(H,16,17). The smallest absolute Gasteiger partial charge is 0.307 e. The summed E-state index contributed by atoms with van der Waals surface area (Å²) in [7, 11) is -3.48. The van der Waals surface area contributed by atoms with E-state index in [9.17, 15) is 13.2 Å². The number of hydrogen-bond donors (Lipinski definition) is 1. The summed E-state index contributed by atoms with van der Waals surface area (Å²) in [6, 6.07) is 2.05. The Balaban J connectivity index is 2.09. The van der Waals surface area contributed by atoms with E-state index in [2.05, 4.69) is 6.07 Å². The average Bonchev–Trinajstić information content (AvgIpc) is 3.07. The Kier molecular flexibility index (Phi) is 4.07. The number of rotatable bonds is 5. The second-order valence-corrected chi connectivity index (χ2v) is 8.25. The largest absolute Gasteiger partial charge is 0.481 e. The molecule has 20 heavy (non-hydrogen) atoms. The number of hydrogen-bond acceptors (Lipinski definition) is 4. The van der Waals surface area contributed by atoms with Crippen molar-refractivity contribution in [1.29, 1.82) is 5.26 Å². The van der Waals surface area contributed by atoms with Gasteiger partial charge in [0.05, 0.1) is 17.7 Å². The fourth-order valence-corrected chi connectivity index (χ4v) is 5.14. The fourth-order valence-electron chi connectivity index (χ4n) is 2.90. The van der Waals surface area contributed by atoms with Gasteiger partial charge in [0.1, 0.15) is 0 Å². The van der Waals surface area contributed by atoms with Crippen LogP contribution in [0, 0.1) is 28.6 Å². The fraction of sp³-hybridized carbons (Fsp3) is 0.846. The molecule has 112 valence electrons. The van der Waals surface area contributed by atoms with Gasteiger partial charge in [0, 0.05) is 19.5 Å². The minimum absolute atomic E-state index is 0.0212. The Hall–Kier alpha value is -1.13. The number of nitrogens with zero attached hydrogens (tertiary/aromatic N) is 2. The van der Waals surface area contributed by atoms with E-state index in [4.69, 9.17) is 10.4 Å². The van der Waals surface area contributed by atoms with Crippen molar-refractivity contribution < 1.29 is 18.3 Å². The van der Waals surface area contributed by atoms with Gasteiger partial charge in [-0.2, -0.15) is 5.26 Å². The maximum Gasteiger partial charge on any atom is 0.307 e. The number of piperidine rings is 1. The lowest BCUT2D eigenvalue weighted by Crippen LogP contribution is -2.47. The number of sulfonamides is 1. The Morgan fingerprint density at radius 2 is 2.10 bits per heavy atom. The molecule has 6 nitrogen and oxygen atoms in total. The summed E-state index contributed by atoms with van der Waals surface area (Å²) in [6.45, 7) is 2.32. The van der Waals surface area contributed by atoms with Gasteiger partial charge in [-0.15, -0.1) is 0 Å². The van der Waals surface area contributed by atoms with Crippen LogP contribution in [0.1, 0.15) is 32.6 Å². The number of carbonyl (C=O) groups is 1. The van der Waals surface area contributed by atoms with Gasteiger partial charge in [-0.1, -0.05) is 6.92 Å². The number of nitriles is 1. The van der Waals surface area contributed by atoms with Crippen LogP contribution in [-0.4, -0.2) is 42.6 Å². The van der Waals surface area contributed by atoms with E-state index in [1.54, 1.807) is 0 Å². The van der Waals surface area contributed by atoms with Gasteiger partial charge >= 0.3 is 5.97 Å². The number of aliphatic carboxylic acids is 1. The second kappa shape index (κ2) is 5.34. The molecule has 1 N–H and O–H groups in total. The molecule has 2 fully saturated rings. The summed E-state index contributed by atoms with van der Waals surface area (Å²) in [4.78, 5) is 11.1. The predicted molar refractivity (Wildman–Crippen MR) is 72.2 cm³/mol. The van der Waals surface area contributed by atoms with Crippen LogP contribution in [0.15, 0.2) is 0 Å². The summed E-state index contributed by atoms with van der Waals surface area (Å²) in [6.07, 6.45) is 2.32. The SMILES string of the molecule is CC1CC(C(=O)O)CN(S(=O)(=O)CC2(CC#N)CC2)C1. The van der Waals surface area contributed by atoms with E-state index in [0.29, 0.717) is 13.0 Å². The van der Waals surface area contributed by atoms with Crippen LogP contribution in [-0.2, 0) is 14.8 Å². The van der Waals surface area contributed by atoms with Crippen molar-refractivity contribution in [3.63, 3.8) is 0 Å². The van der Waals surface area contributed by atoms with Gasteiger partial charge < -0.3 is 5.11 Å². The molecule has 0 bridgehead atoms. The molecule has 2 aliphatic rings. The lowest BCUT2D eigenvalue weighted by molar-refractivity contribution is -0.143. The van der Waals surface area contributed by atoms with E-state index < -0.39 is 21.9 Å². The molecule has 7 heteroatoms. The molecule has 0 aromatic heterocycles. The van der Waals surface area contributed by atoms with E-state index in [0.717, 1.165) is 12.8 Å². The van der Waals surface area contributed by atoms with Crippen LogP contribution in [0.3, 0.4) is 0 Å². The summed E-state index contributed by atoms with van der Waals surface area (Å²) < 4.78 is 26.2. The molecule has 0 spiro atoms. The molecular weight excluding hydrogens is 280 g/mol. The van der Waals surface area contributed by atoms with Gasteiger partial charge in [0.15, 0.2) is 0 Å². The van der Waals surface area contributed by atoms with Crippen molar-refractivity contribution in [2.75, 3.05) is 18.8 Å². The first-order chi connectivity index (χ1) is 9.28. The van der Waals surface area contributed by atoms with E-state index in [-0.39, 0.29) is 30.1 Å². The highest BCUT2D eigenvalue weighted by molar-refractivity contribution is 7.89. The third-order valence-electron chi connectivity index (χ3n) is 4.27. The first-order valence-electron chi connectivity index (χ1n) is 6.86. The van der Waals surface area contributed by atoms with Crippen molar-refractivity contribution in [2.24, 2.45) is 17.3 Å². The lowest BCUT2D eigenvalue weighted by atomic mass is 9.92. The third kappa shape index (κ3) is 3.30. The topological polar surface area (TPSA) is 98.5 Å². The Bertz CT molecular complexity index is 533. The summed E-state index contributed by atoms with van der Waals surface area (Å²) in [5, 5.41) is 17.9. The predicted octanol–water partition coefficient (Wildman–Crippen LogP) is 1.05. The summed E-state index contributed by atoms with van der Waals surface area (Å²) in [5.74, 6) is -1.53. The molecule has 1 aliphatic carbocycles. The normalized spacial score (nSPS) is 29.6. The first kappa shape index (κ1) is 15.3. The van der Waals surface area contributed by atoms with Crippen LogP contribution >= 0.6 is 0 Å². The molecule has 0 amide bonds. The zero-order valence-electron chi connectivity index (χ0n) is 11.6. The van der Waals surface area contributed by atoms with Crippen molar-refractivity contribution in [3.8, 4) is 6.07 Å². The molecule has 0 aromatic rings. The third-order valence-corrected chi connectivity index (χ3v) is 6.33. The van der Waals surface area contributed by atoms with Gasteiger partial charge in [0.25, 0.3) is 0 Å². The van der Waals surface area contributed by atoms with E-state index in [1.807, 2.05) is 6.92 Å². The average molecular weight is 300 g/mol. The lowest BCUT2D eigenvalue weighted by Gasteiger charge is -2.34. The van der Waals surface area contributed by atoms with Crippen LogP contribution < -0.4 is 0 Å². The second-order valence-electron chi connectivity index (χ2n) is 6.28. The van der Waals surface area contributed by atoms with Crippen LogP contribution in [0.4, 0.5) is 0 Å². The van der Waals surface area contributed by atoms with Crippen molar-refractivity contribution in [2.45, 2.75) is 32.6 Å². The van der Waals surface area contributed by atoms with Crippen LogP contribution in [0.5, 0.6) is 0 Å². The first-order valence-corrected chi connectivity index (χ1v) is 8.46. The Labute approximate surface area is 119 Å². The van der Waals surface area contributed by atoms with Crippen molar-refractivity contribution >= 4 is 16.0 Å². The Morgan fingerprint density at radius 1 is 1.45 bits per heavy atom. The molecule has 1 saturated carbocycles. The van der Waals surface area contributed by atoms with Gasteiger partial charge in [0.2, 0.25) is 10.0 Å². The van der Waals surface area contributed by atoms with Gasteiger partial charge in [-0.3, -0.25) is 4.79 Å². The number of carboxylic acid groups (broad SMARTS) is 1. The maximum atomic E-state index is 12.5. The molecular formula is C13H20N2O4S. The molecule has 1 aliphatic heterocycles. The van der Waals surface area contributed by atoms with Crippen LogP contribution in [0.25, 0.3) is 0 Å². The molecule has 2 atom stereocenters. The Morgan fingerprint density at radius 3 is 2.60 bits per heavy atom. The highest BCUT2D eigenvalue weighted by Gasteiger charge is 2.48. The maximum absolute atomic E-state index is 12.5. The molecule has 0 aromatic carbocycles. The zero-order valence-corrected chi connectivity index (χ0v) is 12.4. The molecule has 0 radical (unpaired) electrons. The minimum Gasteiger partial charge on any atom is -0.481 e. The highest BCUT2D eigenvalue weighted by atomic mass is 32.2. The molecule has 2 rings (SSSR count). The molecule has 2 unspecified atom stereocenters. The molecule has 1 saturated heterocycles. The number of carboxylic acids is 1. The van der Waals surface area contributed by atoms with E-state index in [1.165, 1.54) is 4.31 Å². The highest BCUT2D eigenvalue weighted by Crippen LogP contribution is 2.50. The van der Waals surface area contributed by atoms with Crippen LogP contribution in [0.2, 0.25) is 0 Å².